The molecular weight excluding hydrogens is 196 g/mol. The zero-order valence-electron chi connectivity index (χ0n) is 7.73. The summed E-state index contributed by atoms with van der Waals surface area (Å²) in [7, 11) is 0. The van der Waals surface area contributed by atoms with Crippen molar-refractivity contribution >= 4 is 16.9 Å². The molecule has 0 spiro atoms. The van der Waals surface area contributed by atoms with E-state index in [2.05, 4.69) is 0 Å². The minimum atomic E-state index is -0.979. The molecule has 3 nitrogen and oxygen atoms in total. The number of benzene rings is 1. The summed E-state index contributed by atoms with van der Waals surface area (Å²) in [6, 6.07) is 8.84. The van der Waals surface area contributed by atoms with Crippen LogP contribution in [0.3, 0.4) is 0 Å². The zero-order valence-corrected chi connectivity index (χ0v) is 8.54. The van der Waals surface area contributed by atoms with Gasteiger partial charge in [0.2, 0.25) is 0 Å². The topological polar surface area (TPSA) is 72.9 Å². The number of nitrogens with zero attached hydrogens (tertiary/aromatic N) is 1. The molecule has 4 heteroatoms. The fourth-order valence-electron chi connectivity index (χ4n) is 0.992. The summed E-state index contributed by atoms with van der Waals surface area (Å²) < 4.78 is 11.1. The predicted molar refractivity (Wildman–Crippen MR) is 56.6 cm³/mol. The van der Waals surface area contributed by atoms with Crippen molar-refractivity contribution in [2.24, 2.45) is 5.73 Å². The van der Waals surface area contributed by atoms with Crippen molar-refractivity contribution in [2.45, 2.75) is 4.90 Å². The lowest BCUT2D eigenvalue weighted by atomic mass is 10.1. The molecule has 1 aromatic carbocycles. The smallest absolute Gasteiger partial charge is 0.152 e. The maximum Gasteiger partial charge on any atom is 0.152 e. The number of rotatable bonds is 2. The van der Waals surface area contributed by atoms with E-state index in [4.69, 9.17) is 11.0 Å². The number of hydrogen-bond acceptors (Lipinski definition) is 3. The van der Waals surface area contributed by atoms with Gasteiger partial charge >= 0.3 is 0 Å². The van der Waals surface area contributed by atoms with Crippen molar-refractivity contribution in [3.63, 3.8) is 0 Å². The first kappa shape index (κ1) is 10.6. The highest BCUT2D eigenvalue weighted by Gasteiger charge is 2.03. The monoisotopic (exact) mass is 206 g/mol. The molecule has 2 N–H and O–H groups in total. The molecule has 0 aliphatic carbocycles. The van der Waals surface area contributed by atoms with Crippen LogP contribution in [0.1, 0.15) is 5.56 Å². The van der Waals surface area contributed by atoms with E-state index in [0.717, 1.165) is 10.5 Å². The molecule has 0 amide bonds. The molecule has 14 heavy (non-hydrogen) atoms. The van der Waals surface area contributed by atoms with E-state index in [0.29, 0.717) is 5.70 Å². The van der Waals surface area contributed by atoms with E-state index < -0.39 is 11.2 Å². The summed E-state index contributed by atoms with van der Waals surface area (Å²) in [4.78, 5) is 0.749. The largest absolute Gasteiger partial charge is 0.612 e. The number of nitriles is 1. The standard InChI is InChI=1S/C10H10N2OS/c1-14(13)9-4-2-8(3-5-9)10(12)6-7-11/h2-6H,12H2,1H3/b10-6-. The number of hydrogen-bond donors (Lipinski definition) is 1. The molecule has 1 aromatic rings. The summed E-state index contributed by atoms with van der Waals surface area (Å²) in [5.74, 6) is 0. The first-order chi connectivity index (χ1) is 6.65. The summed E-state index contributed by atoms with van der Waals surface area (Å²) in [5.41, 5.74) is 6.78. The molecule has 0 saturated carbocycles. The molecule has 0 bridgehead atoms. The van der Waals surface area contributed by atoms with Crippen LogP contribution < -0.4 is 5.73 Å². The van der Waals surface area contributed by atoms with Crippen LogP contribution in [0.15, 0.2) is 35.2 Å². The summed E-state index contributed by atoms with van der Waals surface area (Å²) >= 11 is -0.979. The van der Waals surface area contributed by atoms with Gasteiger partial charge in [-0.05, 0) is 41.0 Å². The number of nitrogens with two attached hydrogens (primary N) is 1. The molecule has 0 aromatic heterocycles. The third kappa shape index (κ3) is 2.52. The Hall–Kier alpha value is -1.44. The summed E-state index contributed by atoms with van der Waals surface area (Å²) in [6.45, 7) is 0. The molecule has 0 saturated heterocycles. The molecule has 72 valence electrons. The molecule has 0 fully saturated rings. The van der Waals surface area contributed by atoms with Gasteiger partial charge in [0.25, 0.3) is 0 Å². The van der Waals surface area contributed by atoms with E-state index >= 15 is 0 Å². The second-order valence-corrected chi connectivity index (χ2v) is 4.09. The Morgan fingerprint density at radius 1 is 1.50 bits per heavy atom. The molecule has 0 aliphatic rings. The lowest BCUT2D eigenvalue weighted by Crippen LogP contribution is -1.99. The van der Waals surface area contributed by atoms with Crippen molar-refractivity contribution in [1.29, 1.82) is 5.26 Å². The normalized spacial score (nSPS) is 13.4. The Morgan fingerprint density at radius 3 is 2.50 bits per heavy atom. The highest BCUT2D eigenvalue weighted by molar-refractivity contribution is 7.90. The van der Waals surface area contributed by atoms with Gasteiger partial charge in [0, 0.05) is 11.8 Å². The lowest BCUT2D eigenvalue weighted by Gasteiger charge is -2.04. The second-order valence-electron chi connectivity index (χ2n) is 2.71. The van der Waals surface area contributed by atoms with E-state index in [1.807, 2.05) is 6.07 Å². The first-order valence-electron chi connectivity index (χ1n) is 3.94. The van der Waals surface area contributed by atoms with Crippen LogP contribution in [0, 0.1) is 11.3 Å². The molecule has 1 atom stereocenters. The minimum Gasteiger partial charge on any atom is -0.612 e. The SMILES string of the molecule is C[S+]([O-])c1ccc(/C(N)=C/C#N)cc1. The summed E-state index contributed by atoms with van der Waals surface area (Å²) in [6.07, 6.45) is 2.89. The molecule has 1 unspecified atom stereocenters. The van der Waals surface area contributed by atoms with Crippen molar-refractivity contribution < 1.29 is 4.55 Å². The molecular formula is C10H10N2OS. The average Bonchev–Trinajstić information content (AvgIpc) is 2.18. The van der Waals surface area contributed by atoms with Gasteiger partial charge in [0.05, 0.1) is 6.07 Å². The Morgan fingerprint density at radius 2 is 2.07 bits per heavy atom. The highest BCUT2D eigenvalue weighted by atomic mass is 32.2. The van der Waals surface area contributed by atoms with E-state index in [1.54, 1.807) is 30.5 Å². The molecule has 1 rings (SSSR count). The summed E-state index contributed by atoms with van der Waals surface area (Å²) in [5, 5.41) is 8.39. The van der Waals surface area contributed by atoms with Crippen LogP contribution >= 0.6 is 0 Å². The molecule has 0 aliphatic heterocycles. The molecule has 0 heterocycles. The van der Waals surface area contributed by atoms with Crippen LogP contribution in [0.5, 0.6) is 0 Å². The van der Waals surface area contributed by atoms with Gasteiger partial charge in [-0.1, -0.05) is 0 Å². The van der Waals surface area contributed by atoms with Crippen LogP contribution in [0.2, 0.25) is 0 Å². The van der Waals surface area contributed by atoms with Crippen LogP contribution in [-0.4, -0.2) is 10.8 Å². The van der Waals surface area contributed by atoms with Crippen LogP contribution in [0.25, 0.3) is 5.70 Å². The Bertz CT molecular complexity index is 376. The Labute approximate surface area is 86.0 Å². The van der Waals surface area contributed by atoms with Gasteiger partial charge in [-0.3, -0.25) is 0 Å². The van der Waals surface area contributed by atoms with Gasteiger partial charge in [-0.2, -0.15) is 5.26 Å². The van der Waals surface area contributed by atoms with Crippen molar-refractivity contribution in [3.05, 3.63) is 35.9 Å². The first-order valence-corrected chi connectivity index (χ1v) is 5.50. The highest BCUT2D eigenvalue weighted by Crippen LogP contribution is 2.13. The third-order valence-electron chi connectivity index (χ3n) is 1.74. The second kappa shape index (κ2) is 4.70. The van der Waals surface area contributed by atoms with E-state index in [-0.39, 0.29) is 0 Å². The average molecular weight is 206 g/mol. The van der Waals surface area contributed by atoms with Crippen molar-refractivity contribution in [1.82, 2.24) is 0 Å². The maximum atomic E-state index is 11.1. The van der Waals surface area contributed by atoms with Crippen LogP contribution in [-0.2, 0) is 11.2 Å². The Balaban J connectivity index is 2.95. The Kier molecular flexibility index (Phi) is 3.57. The van der Waals surface area contributed by atoms with Gasteiger partial charge < -0.3 is 10.3 Å². The molecule has 0 radical (unpaired) electrons. The third-order valence-corrected chi connectivity index (χ3v) is 2.68. The van der Waals surface area contributed by atoms with Crippen LogP contribution in [0.4, 0.5) is 0 Å². The minimum absolute atomic E-state index is 0.418. The quantitative estimate of drug-likeness (QED) is 0.584. The van der Waals surface area contributed by atoms with Gasteiger partial charge in [-0.15, -0.1) is 0 Å². The zero-order chi connectivity index (χ0) is 10.6. The fourth-order valence-corrected chi connectivity index (χ4v) is 1.51. The van der Waals surface area contributed by atoms with E-state index in [9.17, 15) is 4.55 Å². The van der Waals surface area contributed by atoms with E-state index in [1.165, 1.54) is 6.08 Å². The van der Waals surface area contributed by atoms with Gasteiger partial charge in [-0.25, -0.2) is 0 Å². The van der Waals surface area contributed by atoms with Crippen molar-refractivity contribution in [3.8, 4) is 6.07 Å². The predicted octanol–water partition coefficient (Wildman–Crippen LogP) is 1.25. The lowest BCUT2D eigenvalue weighted by molar-refractivity contribution is 0.601. The van der Waals surface area contributed by atoms with Gasteiger partial charge in [0.1, 0.15) is 6.26 Å². The van der Waals surface area contributed by atoms with Crippen molar-refractivity contribution in [2.75, 3.05) is 6.26 Å². The maximum absolute atomic E-state index is 11.1. The van der Waals surface area contributed by atoms with Gasteiger partial charge in [0.15, 0.2) is 4.90 Å². The fraction of sp³-hybridized carbons (Fsp3) is 0.100. The number of allylic oxidation sites excluding steroid dienone is 1.